The number of nitrogens with zero attached hydrogens (tertiary/aromatic N) is 4. The smallest absolute Gasteiger partial charge is 0.227 e. The zero-order chi connectivity index (χ0) is 30.4. The summed E-state index contributed by atoms with van der Waals surface area (Å²) in [5.74, 6) is 1.14. The lowest BCUT2D eigenvalue weighted by Crippen LogP contribution is -2.21. The number of aliphatic hydroxyl groups excluding tert-OH is 1. The van der Waals surface area contributed by atoms with E-state index in [4.69, 9.17) is 21.0 Å². The van der Waals surface area contributed by atoms with Crippen LogP contribution in [0.2, 0.25) is 5.02 Å². The van der Waals surface area contributed by atoms with Gasteiger partial charge in [0.1, 0.15) is 17.3 Å². The number of nitrogens with one attached hydrogen (secondary N) is 1. The second-order valence-electron chi connectivity index (χ2n) is 11.3. The third-order valence-electron chi connectivity index (χ3n) is 8.44. The summed E-state index contributed by atoms with van der Waals surface area (Å²) in [5.41, 5.74) is 9.36. The molecule has 7 rings (SSSR count). The van der Waals surface area contributed by atoms with Crippen LogP contribution in [0.25, 0.3) is 44.6 Å². The van der Waals surface area contributed by atoms with Gasteiger partial charge in [0, 0.05) is 54.2 Å². The van der Waals surface area contributed by atoms with Crippen LogP contribution in [0.3, 0.4) is 0 Å². The van der Waals surface area contributed by atoms with Gasteiger partial charge in [-0.3, -0.25) is 14.7 Å². The number of oxazole rings is 1. The second-order valence-corrected chi connectivity index (χ2v) is 11.7. The second kappa shape index (κ2) is 11.5. The molecule has 0 aliphatic carbocycles. The van der Waals surface area contributed by atoms with Crippen LogP contribution in [0.1, 0.15) is 33.5 Å². The molecular formula is C35H30ClN5O3. The van der Waals surface area contributed by atoms with E-state index >= 15 is 0 Å². The number of likely N-dealkylation sites (tertiary alicyclic amines) is 1. The van der Waals surface area contributed by atoms with E-state index in [-0.39, 0.29) is 6.10 Å². The van der Waals surface area contributed by atoms with Crippen LogP contribution in [0, 0.1) is 13.8 Å². The van der Waals surface area contributed by atoms with Crippen molar-refractivity contribution < 1.29 is 14.3 Å². The number of fused-ring (bicyclic) bond motifs is 2. The van der Waals surface area contributed by atoms with Crippen LogP contribution in [-0.4, -0.2) is 50.4 Å². The first-order chi connectivity index (χ1) is 21.4. The Morgan fingerprint density at radius 1 is 1.02 bits per heavy atom. The number of aliphatic hydroxyl groups is 1. The van der Waals surface area contributed by atoms with Gasteiger partial charge in [0.05, 0.1) is 11.1 Å². The summed E-state index contributed by atoms with van der Waals surface area (Å²) in [7, 11) is 0. The number of aldehydes is 1. The van der Waals surface area contributed by atoms with Crippen molar-refractivity contribution in [3.05, 3.63) is 100 Å². The van der Waals surface area contributed by atoms with E-state index in [0.717, 1.165) is 75.8 Å². The number of aromatic nitrogens is 3. The zero-order valence-corrected chi connectivity index (χ0v) is 25.1. The van der Waals surface area contributed by atoms with Gasteiger partial charge in [-0.05, 0) is 84.5 Å². The molecule has 1 fully saturated rings. The Labute approximate surface area is 259 Å². The molecule has 1 saturated heterocycles. The number of benzene rings is 3. The fourth-order valence-corrected chi connectivity index (χ4v) is 6.37. The summed E-state index contributed by atoms with van der Waals surface area (Å²) in [4.78, 5) is 27.6. The van der Waals surface area contributed by atoms with Crippen LogP contribution in [0.5, 0.6) is 0 Å². The highest BCUT2D eigenvalue weighted by Gasteiger charge is 2.22. The number of hydrogen-bond donors (Lipinski definition) is 2. The fraction of sp³-hybridized carbons (Fsp3) is 0.200. The predicted molar refractivity (Wildman–Crippen MR) is 173 cm³/mol. The minimum atomic E-state index is -0.258. The number of β-amino-alcohol motifs (C(OH)–C–C–N with tert-alkyl or cyclic N) is 1. The topological polar surface area (TPSA) is 104 Å². The van der Waals surface area contributed by atoms with Gasteiger partial charge in [0.15, 0.2) is 11.4 Å². The van der Waals surface area contributed by atoms with Gasteiger partial charge in [-0.15, -0.1) is 0 Å². The molecule has 4 heterocycles. The highest BCUT2D eigenvalue weighted by molar-refractivity contribution is 6.35. The van der Waals surface area contributed by atoms with Crippen molar-refractivity contribution in [2.45, 2.75) is 32.9 Å². The Morgan fingerprint density at radius 3 is 2.59 bits per heavy atom. The molecule has 6 aromatic rings. The van der Waals surface area contributed by atoms with E-state index in [1.807, 2.05) is 48.8 Å². The summed E-state index contributed by atoms with van der Waals surface area (Å²) in [6.07, 6.45) is 4.94. The monoisotopic (exact) mass is 603 g/mol. The van der Waals surface area contributed by atoms with Gasteiger partial charge in [-0.25, -0.2) is 9.97 Å². The van der Waals surface area contributed by atoms with E-state index in [9.17, 15) is 9.90 Å². The lowest BCUT2D eigenvalue weighted by atomic mass is 9.93. The van der Waals surface area contributed by atoms with Crippen molar-refractivity contribution in [2.75, 3.05) is 18.4 Å². The van der Waals surface area contributed by atoms with Crippen LogP contribution in [0.4, 0.5) is 11.5 Å². The number of carbonyl (C=O) groups excluding carboxylic acids is 1. The average Bonchev–Trinajstić information content (AvgIpc) is 3.65. The number of pyridine rings is 2. The Balaban J connectivity index is 1.23. The largest absolute Gasteiger partial charge is 0.434 e. The van der Waals surface area contributed by atoms with E-state index in [1.165, 1.54) is 0 Å². The van der Waals surface area contributed by atoms with E-state index in [2.05, 4.69) is 46.2 Å². The first-order valence-corrected chi connectivity index (χ1v) is 14.9. The fourth-order valence-electron chi connectivity index (χ4n) is 6.11. The summed E-state index contributed by atoms with van der Waals surface area (Å²) in [6.45, 7) is 6.47. The molecule has 3 aromatic carbocycles. The van der Waals surface area contributed by atoms with Gasteiger partial charge in [-0.2, -0.15) is 0 Å². The minimum absolute atomic E-state index is 0.258. The molecule has 0 spiro atoms. The lowest BCUT2D eigenvalue weighted by molar-refractivity contribution is 0.112. The third kappa shape index (κ3) is 5.11. The van der Waals surface area contributed by atoms with Crippen molar-refractivity contribution in [3.63, 3.8) is 0 Å². The molecule has 1 aliphatic heterocycles. The molecule has 220 valence electrons. The Morgan fingerprint density at radius 2 is 1.80 bits per heavy atom. The SMILES string of the molecule is Cc1c(Nc2nccc3c(CN4CC[C@H](O)C4)ccnc23)cccc1-c1cccc(-c2nc3cc(C=O)cc(Cl)c3o2)c1C. The molecule has 0 amide bonds. The minimum Gasteiger partial charge on any atom is -0.434 e. The van der Waals surface area contributed by atoms with Crippen LogP contribution < -0.4 is 5.32 Å². The van der Waals surface area contributed by atoms with Gasteiger partial charge in [0.25, 0.3) is 0 Å². The number of hydrogen-bond acceptors (Lipinski definition) is 8. The lowest BCUT2D eigenvalue weighted by Gasteiger charge is -2.18. The molecule has 1 aliphatic rings. The maximum atomic E-state index is 11.3. The summed E-state index contributed by atoms with van der Waals surface area (Å²) >= 11 is 6.38. The molecule has 2 N–H and O–H groups in total. The number of rotatable bonds is 7. The molecule has 9 heteroatoms. The van der Waals surface area contributed by atoms with Crippen LogP contribution in [0.15, 0.2) is 77.5 Å². The van der Waals surface area contributed by atoms with Crippen molar-refractivity contribution in [3.8, 4) is 22.6 Å². The molecule has 0 radical (unpaired) electrons. The summed E-state index contributed by atoms with van der Waals surface area (Å²) in [5, 5.41) is 14.9. The number of anilines is 2. The first-order valence-electron chi connectivity index (χ1n) is 14.5. The molecule has 1 atom stereocenters. The normalized spacial score (nSPS) is 15.3. The van der Waals surface area contributed by atoms with Crippen molar-refractivity contribution >= 4 is 51.4 Å². The number of carbonyl (C=O) groups is 1. The number of halogens is 1. The van der Waals surface area contributed by atoms with Crippen molar-refractivity contribution in [1.29, 1.82) is 0 Å². The highest BCUT2D eigenvalue weighted by Crippen LogP contribution is 2.38. The maximum Gasteiger partial charge on any atom is 0.227 e. The predicted octanol–water partition coefficient (Wildman–Crippen LogP) is 7.50. The molecular weight excluding hydrogens is 574 g/mol. The van der Waals surface area contributed by atoms with Gasteiger partial charge in [0.2, 0.25) is 5.89 Å². The summed E-state index contributed by atoms with van der Waals surface area (Å²) < 4.78 is 6.08. The average molecular weight is 604 g/mol. The van der Waals surface area contributed by atoms with Gasteiger partial charge < -0.3 is 14.8 Å². The van der Waals surface area contributed by atoms with Crippen LogP contribution >= 0.6 is 11.6 Å². The Bertz CT molecular complexity index is 2060. The molecule has 0 saturated carbocycles. The molecule has 0 unspecified atom stereocenters. The molecule has 8 nitrogen and oxygen atoms in total. The van der Waals surface area contributed by atoms with Gasteiger partial charge in [-0.1, -0.05) is 35.9 Å². The van der Waals surface area contributed by atoms with Crippen molar-refractivity contribution in [1.82, 2.24) is 19.9 Å². The van der Waals surface area contributed by atoms with E-state index in [1.54, 1.807) is 12.1 Å². The van der Waals surface area contributed by atoms with Crippen LogP contribution in [-0.2, 0) is 6.54 Å². The standard InChI is InChI=1S/C35H30ClN5O3/c1-20-25(5-3-7-27(20)35-40-31-16-22(19-42)15-29(36)33(31)44-35)26-6-4-8-30(21(26)2)39-34-32-28(10-13-38-34)23(9-12-37-32)17-41-14-11-24(43)18-41/h3-10,12-13,15-16,19,24,43H,11,14,17-18H2,1-2H3,(H,38,39)/t24-/m0/s1. The molecule has 44 heavy (non-hydrogen) atoms. The third-order valence-corrected chi connectivity index (χ3v) is 8.72. The quantitative estimate of drug-likeness (QED) is 0.181. The molecule has 3 aromatic heterocycles. The first kappa shape index (κ1) is 28.2. The van der Waals surface area contributed by atoms with Crippen molar-refractivity contribution in [2.24, 2.45) is 0 Å². The van der Waals surface area contributed by atoms with E-state index in [0.29, 0.717) is 39.9 Å². The highest BCUT2D eigenvalue weighted by atomic mass is 35.5. The zero-order valence-electron chi connectivity index (χ0n) is 24.3. The maximum absolute atomic E-state index is 11.3. The molecule has 0 bridgehead atoms. The Hall–Kier alpha value is -4.63. The Kier molecular flexibility index (Phi) is 7.34. The van der Waals surface area contributed by atoms with E-state index < -0.39 is 0 Å². The van der Waals surface area contributed by atoms with Gasteiger partial charge >= 0.3 is 0 Å². The summed E-state index contributed by atoms with van der Waals surface area (Å²) in [6, 6.07) is 19.5.